The molecule has 1 aliphatic rings. The molecule has 3 rings (SSSR count). The van der Waals surface area contributed by atoms with Gasteiger partial charge < -0.3 is 10.2 Å². The van der Waals surface area contributed by atoms with Gasteiger partial charge in [-0.3, -0.25) is 9.78 Å². The normalized spacial score (nSPS) is 16.7. The number of nitrogens with zero attached hydrogens (tertiary/aromatic N) is 2. The van der Waals surface area contributed by atoms with Gasteiger partial charge in [-0.2, -0.15) is 0 Å². The van der Waals surface area contributed by atoms with Crippen LogP contribution in [0.1, 0.15) is 48.7 Å². The number of hydrogen-bond acceptors (Lipinski definition) is 3. The van der Waals surface area contributed by atoms with Crippen LogP contribution >= 0.6 is 0 Å². The van der Waals surface area contributed by atoms with E-state index in [2.05, 4.69) is 46.4 Å². The van der Waals surface area contributed by atoms with Crippen molar-refractivity contribution in [3.63, 3.8) is 0 Å². The molecule has 1 aromatic heterocycles. The third-order valence-corrected chi connectivity index (χ3v) is 4.81. The fourth-order valence-corrected chi connectivity index (χ4v) is 3.10. The predicted octanol–water partition coefficient (Wildman–Crippen LogP) is 3.81. The lowest BCUT2D eigenvalue weighted by Crippen LogP contribution is -2.32. The minimum atomic E-state index is -0.0929. The Hall–Kier alpha value is -2.36. The minimum absolute atomic E-state index is 0.0341. The van der Waals surface area contributed by atoms with Gasteiger partial charge in [0.2, 0.25) is 0 Å². The summed E-state index contributed by atoms with van der Waals surface area (Å²) in [4.78, 5) is 18.6. The van der Waals surface area contributed by atoms with Crippen molar-refractivity contribution in [3.8, 4) is 0 Å². The van der Waals surface area contributed by atoms with E-state index in [-0.39, 0.29) is 11.9 Å². The molecule has 0 unspecified atom stereocenters. The first-order valence-electron chi connectivity index (χ1n) is 8.69. The Bertz CT molecular complexity index is 661. The number of hydrogen-bond donors (Lipinski definition) is 1. The number of piperidine rings is 1. The van der Waals surface area contributed by atoms with E-state index in [1.165, 1.54) is 18.5 Å². The Morgan fingerprint density at radius 2 is 1.92 bits per heavy atom. The summed E-state index contributed by atoms with van der Waals surface area (Å²) in [6.45, 7) is 6.60. The highest BCUT2D eigenvalue weighted by molar-refractivity contribution is 5.94. The van der Waals surface area contributed by atoms with Crippen LogP contribution in [0.25, 0.3) is 0 Å². The number of benzene rings is 1. The lowest BCUT2D eigenvalue weighted by Gasteiger charge is -2.32. The van der Waals surface area contributed by atoms with Gasteiger partial charge in [0.15, 0.2) is 0 Å². The second-order valence-corrected chi connectivity index (χ2v) is 6.70. The molecule has 1 saturated heterocycles. The summed E-state index contributed by atoms with van der Waals surface area (Å²) in [7, 11) is 0. The monoisotopic (exact) mass is 323 g/mol. The van der Waals surface area contributed by atoms with Gasteiger partial charge in [0, 0.05) is 31.2 Å². The van der Waals surface area contributed by atoms with Crippen molar-refractivity contribution in [1.29, 1.82) is 0 Å². The summed E-state index contributed by atoms with van der Waals surface area (Å²) in [6.07, 6.45) is 5.78. The highest BCUT2D eigenvalue weighted by Gasteiger charge is 2.16. The fraction of sp³-hybridized carbons (Fsp3) is 0.400. The Morgan fingerprint density at radius 1 is 1.21 bits per heavy atom. The molecule has 0 aliphatic carbocycles. The Morgan fingerprint density at radius 3 is 2.54 bits per heavy atom. The highest BCUT2D eigenvalue weighted by Crippen LogP contribution is 2.24. The Kier molecular flexibility index (Phi) is 5.14. The van der Waals surface area contributed by atoms with Crippen molar-refractivity contribution < 1.29 is 4.79 Å². The topological polar surface area (TPSA) is 45.2 Å². The summed E-state index contributed by atoms with van der Waals surface area (Å²) in [5, 5.41) is 3.02. The van der Waals surface area contributed by atoms with Crippen molar-refractivity contribution in [2.24, 2.45) is 5.92 Å². The zero-order valence-corrected chi connectivity index (χ0v) is 14.4. The van der Waals surface area contributed by atoms with E-state index < -0.39 is 0 Å². The molecule has 1 atom stereocenters. The molecule has 2 heterocycles. The maximum absolute atomic E-state index is 12.2. The average Bonchev–Trinajstić information content (AvgIpc) is 2.63. The number of amides is 1. The molecule has 4 heteroatoms. The van der Waals surface area contributed by atoms with Crippen LogP contribution in [0.15, 0.2) is 48.8 Å². The van der Waals surface area contributed by atoms with Gasteiger partial charge in [-0.05, 0) is 55.5 Å². The van der Waals surface area contributed by atoms with E-state index in [4.69, 9.17) is 0 Å². The van der Waals surface area contributed by atoms with Crippen molar-refractivity contribution in [2.75, 3.05) is 18.0 Å². The van der Waals surface area contributed by atoms with Crippen LogP contribution in [0, 0.1) is 5.92 Å². The largest absolute Gasteiger partial charge is 0.372 e. The third-order valence-electron chi connectivity index (χ3n) is 4.81. The van der Waals surface area contributed by atoms with E-state index in [0.717, 1.165) is 24.6 Å². The molecule has 2 aromatic rings. The molecule has 0 radical (unpaired) electrons. The van der Waals surface area contributed by atoms with E-state index in [1.54, 1.807) is 24.5 Å². The molecular weight excluding hydrogens is 298 g/mol. The Labute approximate surface area is 143 Å². The van der Waals surface area contributed by atoms with Gasteiger partial charge in [-0.1, -0.05) is 19.1 Å². The van der Waals surface area contributed by atoms with Crippen LogP contribution in [0.5, 0.6) is 0 Å². The lowest BCUT2D eigenvalue weighted by atomic mass is 9.98. The molecule has 0 spiro atoms. The van der Waals surface area contributed by atoms with E-state index in [0.29, 0.717) is 5.56 Å². The van der Waals surface area contributed by atoms with Gasteiger partial charge >= 0.3 is 0 Å². The second kappa shape index (κ2) is 7.47. The lowest BCUT2D eigenvalue weighted by molar-refractivity contribution is 0.0939. The first-order valence-corrected chi connectivity index (χ1v) is 8.69. The van der Waals surface area contributed by atoms with Crippen LogP contribution in [0.3, 0.4) is 0 Å². The fourth-order valence-electron chi connectivity index (χ4n) is 3.10. The minimum Gasteiger partial charge on any atom is -0.372 e. The first kappa shape index (κ1) is 16.5. The predicted molar refractivity (Wildman–Crippen MR) is 97.2 cm³/mol. The van der Waals surface area contributed by atoms with Gasteiger partial charge in [-0.25, -0.2) is 0 Å². The molecule has 24 heavy (non-hydrogen) atoms. The van der Waals surface area contributed by atoms with Crippen molar-refractivity contribution in [2.45, 2.75) is 32.7 Å². The zero-order valence-electron chi connectivity index (χ0n) is 14.4. The molecule has 1 aromatic carbocycles. The maximum atomic E-state index is 12.2. The zero-order chi connectivity index (χ0) is 16.9. The summed E-state index contributed by atoms with van der Waals surface area (Å²) >= 11 is 0. The second-order valence-electron chi connectivity index (χ2n) is 6.70. The SMILES string of the molecule is CC1CCN(c2ccc([C@H](C)NC(=O)c3cccnc3)cc2)CC1. The Balaban J connectivity index is 1.61. The molecule has 1 N–H and O–H groups in total. The quantitative estimate of drug-likeness (QED) is 0.930. The molecule has 4 nitrogen and oxygen atoms in total. The molecule has 126 valence electrons. The molecular formula is C20H25N3O. The van der Waals surface area contributed by atoms with Gasteiger partial charge in [-0.15, -0.1) is 0 Å². The van der Waals surface area contributed by atoms with E-state index in [9.17, 15) is 4.79 Å². The van der Waals surface area contributed by atoms with Crippen molar-refractivity contribution in [3.05, 3.63) is 59.9 Å². The summed E-state index contributed by atoms with van der Waals surface area (Å²) in [6, 6.07) is 12.1. The number of carbonyl (C=O) groups excluding carboxylic acids is 1. The van der Waals surface area contributed by atoms with E-state index in [1.807, 2.05) is 6.92 Å². The molecule has 1 aliphatic heterocycles. The van der Waals surface area contributed by atoms with E-state index >= 15 is 0 Å². The van der Waals surface area contributed by atoms with Crippen molar-refractivity contribution >= 4 is 11.6 Å². The van der Waals surface area contributed by atoms with Crippen LogP contribution < -0.4 is 10.2 Å². The molecule has 1 fully saturated rings. The van der Waals surface area contributed by atoms with Crippen LogP contribution in [0.4, 0.5) is 5.69 Å². The van der Waals surface area contributed by atoms with Crippen molar-refractivity contribution in [1.82, 2.24) is 10.3 Å². The summed E-state index contributed by atoms with van der Waals surface area (Å²) in [5.74, 6) is 0.743. The number of carbonyl (C=O) groups is 1. The maximum Gasteiger partial charge on any atom is 0.253 e. The van der Waals surface area contributed by atoms with Crippen LogP contribution in [0.2, 0.25) is 0 Å². The first-order chi connectivity index (χ1) is 11.6. The summed E-state index contributed by atoms with van der Waals surface area (Å²) in [5.41, 5.74) is 2.97. The van der Waals surface area contributed by atoms with Crippen LogP contribution in [-0.4, -0.2) is 24.0 Å². The summed E-state index contributed by atoms with van der Waals surface area (Å²) < 4.78 is 0. The number of aromatic nitrogens is 1. The molecule has 0 saturated carbocycles. The van der Waals surface area contributed by atoms with Gasteiger partial charge in [0.1, 0.15) is 0 Å². The van der Waals surface area contributed by atoms with Gasteiger partial charge in [0.25, 0.3) is 5.91 Å². The number of pyridine rings is 1. The number of rotatable bonds is 4. The molecule has 0 bridgehead atoms. The highest BCUT2D eigenvalue weighted by atomic mass is 16.1. The third kappa shape index (κ3) is 3.94. The average molecular weight is 323 g/mol. The molecule has 1 amide bonds. The number of nitrogens with one attached hydrogen (secondary N) is 1. The van der Waals surface area contributed by atoms with Gasteiger partial charge in [0.05, 0.1) is 11.6 Å². The number of anilines is 1. The standard InChI is InChI=1S/C20H25N3O/c1-15-9-12-23(13-10-15)19-7-5-17(6-8-19)16(2)22-20(24)18-4-3-11-21-14-18/h3-8,11,14-16H,9-10,12-13H2,1-2H3,(H,22,24)/t16-/m0/s1. The smallest absolute Gasteiger partial charge is 0.253 e. The van der Waals surface area contributed by atoms with Crippen LogP contribution in [-0.2, 0) is 0 Å².